The van der Waals surface area contributed by atoms with E-state index in [1.165, 1.54) is 11.3 Å². The van der Waals surface area contributed by atoms with Crippen molar-refractivity contribution in [2.24, 2.45) is 0 Å². The highest BCUT2D eigenvalue weighted by Crippen LogP contribution is 2.35. The van der Waals surface area contributed by atoms with Gasteiger partial charge in [-0.2, -0.15) is 0 Å². The van der Waals surface area contributed by atoms with Gasteiger partial charge in [-0.25, -0.2) is 0 Å². The van der Waals surface area contributed by atoms with Gasteiger partial charge in [0, 0.05) is 10.1 Å². The minimum absolute atomic E-state index is 0.0820. The van der Waals surface area contributed by atoms with Crippen LogP contribution >= 0.6 is 35.2 Å². The molecule has 1 amide bonds. The summed E-state index contributed by atoms with van der Waals surface area (Å²) in [5.74, 6) is -0.0176. The van der Waals surface area contributed by atoms with E-state index in [1.807, 2.05) is 24.3 Å². The van der Waals surface area contributed by atoms with Crippen LogP contribution in [-0.2, 0) is 0 Å². The standard InChI is InChI=1S/C16H11ClN2O2S2/c17-13-9-5-1-4-8-12(9)23-14(13)15(20)19-16(22)21-11-7-3-2-6-10(11)18/h1-8H,18H2,(H,19,20,22). The first-order valence-corrected chi connectivity index (χ1v) is 8.21. The zero-order valence-electron chi connectivity index (χ0n) is 11.7. The van der Waals surface area contributed by atoms with Crippen LogP contribution in [0.4, 0.5) is 5.69 Å². The van der Waals surface area contributed by atoms with E-state index in [2.05, 4.69) is 5.32 Å². The first-order valence-electron chi connectivity index (χ1n) is 6.61. The van der Waals surface area contributed by atoms with Gasteiger partial charge in [0.1, 0.15) is 4.88 Å². The normalized spacial score (nSPS) is 10.5. The zero-order valence-corrected chi connectivity index (χ0v) is 14.1. The third kappa shape index (κ3) is 3.29. The van der Waals surface area contributed by atoms with E-state index in [0.29, 0.717) is 21.3 Å². The molecule has 0 atom stereocenters. The average Bonchev–Trinajstić information content (AvgIpc) is 2.87. The molecule has 3 rings (SSSR count). The second kappa shape index (κ2) is 6.54. The molecule has 0 aliphatic rings. The van der Waals surface area contributed by atoms with E-state index >= 15 is 0 Å². The van der Waals surface area contributed by atoms with Crippen LogP contribution < -0.4 is 15.8 Å². The number of carbonyl (C=O) groups excluding carboxylic acids is 1. The summed E-state index contributed by atoms with van der Waals surface area (Å²) < 4.78 is 6.32. The molecule has 23 heavy (non-hydrogen) atoms. The van der Waals surface area contributed by atoms with Crippen LogP contribution in [-0.4, -0.2) is 11.1 Å². The molecule has 7 heteroatoms. The van der Waals surface area contributed by atoms with Crippen molar-refractivity contribution in [1.29, 1.82) is 0 Å². The number of benzene rings is 2. The lowest BCUT2D eigenvalue weighted by Crippen LogP contribution is -2.32. The summed E-state index contributed by atoms with van der Waals surface area (Å²) >= 11 is 12.6. The van der Waals surface area contributed by atoms with E-state index in [0.717, 1.165) is 10.1 Å². The van der Waals surface area contributed by atoms with Gasteiger partial charge in [-0.05, 0) is 30.4 Å². The van der Waals surface area contributed by atoms with E-state index in [4.69, 9.17) is 34.3 Å². The number of thiocarbonyl (C=S) groups is 1. The Kier molecular flexibility index (Phi) is 4.47. The molecule has 2 aromatic carbocycles. The maximum absolute atomic E-state index is 12.3. The maximum Gasteiger partial charge on any atom is 0.270 e. The molecule has 0 radical (unpaired) electrons. The number of halogens is 1. The van der Waals surface area contributed by atoms with Crippen LogP contribution in [0.25, 0.3) is 10.1 Å². The number of anilines is 1. The second-order valence-corrected chi connectivity index (χ2v) is 6.42. The van der Waals surface area contributed by atoms with Crippen LogP contribution in [0.3, 0.4) is 0 Å². The molecule has 116 valence electrons. The molecule has 1 aromatic heterocycles. The van der Waals surface area contributed by atoms with Gasteiger partial charge in [-0.3, -0.25) is 10.1 Å². The zero-order chi connectivity index (χ0) is 16.4. The molecule has 0 aliphatic carbocycles. The number of ether oxygens (including phenoxy) is 1. The van der Waals surface area contributed by atoms with Crippen molar-refractivity contribution in [2.75, 3.05) is 5.73 Å². The van der Waals surface area contributed by atoms with Gasteiger partial charge in [-0.1, -0.05) is 41.9 Å². The van der Waals surface area contributed by atoms with Gasteiger partial charge < -0.3 is 10.5 Å². The molecule has 1 heterocycles. The minimum Gasteiger partial charge on any atom is -0.429 e. The molecular weight excluding hydrogens is 352 g/mol. The number of fused-ring (bicyclic) bond motifs is 1. The van der Waals surface area contributed by atoms with Crippen LogP contribution in [0.1, 0.15) is 9.67 Å². The maximum atomic E-state index is 12.3. The van der Waals surface area contributed by atoms with Gasteiger partial charge in [-0.15, -0.1) is 11.3 Å². The van der Waals surface area contributed by atoms with Crippen molar-refractivity contribution in [2.45, 2.75) is 0 Å². The first kappa shape index (κ1) is 15.7. The molecular formula is C16H11ClN2O2S2. The van der Waals surface area contributed by atoms with Gasteiger partial charge in [0.25, 0.3) is 11.1 Å². The third-order valence-corrected chi connectivity index (χ3v) is 4.94. The lowest BCUT2D eigenvalue weighted by atomic mass is 10.2. The first-order chi connectivity index (χ1) is 11.1. The molecule has 4 nitrogen and oxygen atoms in total. The molecule has 0 bridgehead atoms. The molecule has 3 N–H and O–H groups in total. The van der Waals surface area contributed by atoms with Crippen molar-refractivity contribution < 1.29 is 9.53 Å². The summed E-state index contributed by atoms with van der Waals surface area (Å²) in [4.78, 5) is 12.7. The topological polar surface area (TPSA) is 64.3 Å². The van der Waals surface area contributed by atoms with E-state index in [-0.39, 0.29) is 5.17 Å². The number of nitrogens with two attached hydrogens (primary N) is 1. The lowest BCUT2D eigenvalue weighted by Gasteiger charge is -2.09. The Balaban J connectivity index is 1.77. The van der Waals surface area contributed by atoms with E-state index < -0.39 is 5.91 Å². The van der Waals surface area contributed by atoms with Crippen molar-refractivity contribution in [3.05, 3.63) is 58.4 Å². The second-order valence-electron chi connectivity index (χ2n) is 4.62. The molecule has 0 aliphatic heterocycles. The Morgan fingerprint density at radius 2 is 1.87 bits per heavy atom. The van der Waals surface area contributed by atoms with Crippen LogP contribution in [0.15, 0.2) is 48.5 Å². The number of carbonyl (C=O) groups is 1. The number of thiophene rings is 1. The number of nitrogen functional groups attached to an aromatic ring is 1. The van der Waals surface area contributed by atoms with Crippen molar-refractivity contribution in [3.63, 3.8) is 0 Å². The summed E-state index contributed by atoms with van der Waals surface area (Å²) in [5.41, 5.74) is 6.20. The quantitative estimate of drug-likeness (QED) is 0.529. The number of hydrogen-bond acceptors (Lipinski definition) is 5. The summed E-state index contributed by atoms with van der Waals surface area (Å²) in [6.45, 7) is 0. The summed E-state index contributed by atoms with van der Waals surface area (Å²) in [6, 6.07) is 14.4. The predicted molar refractivity (Wildman–Crippen MR) is 98.4 cm³/mol. The minimum atomic E-state index is -0.407. The van der Waals surface area contributed by atoms with E-state index in [9.17, 15) is 4.79 Å². The molecule has 0 unspecified atom stereocenters. The van der Waals surface area contributed by atoms with Crippen LogP contribution in [0.2, 0.25) is 5.02 Å². The Bertz CT molecular complexity index is 908. The lowest BCUT2D eigenvalue weighted by molar-refractivity contribution is 0.0977. The fourth-order valence-electron chi connectivity index (χ4n) is 2.01. The number of amides is 1. The summed E-state index contributed by atoms with van der Waals surface area (Å²) in [5, 5.41) is 3.68. The van der Waals surface area contributed by atoms with Crippen LogP contribution in [0, 0.1) is 0 Å². The van der Waals surface area contributed by atoms with E-state index in [1.54, 1.807) is 24.3 Å². The van der Waals surface area contributed by atoms with Crippen molar-refractivity contribution >= 4 is 62.0 Å². The molecule has 0 saturated heterocycles. The largest absolute Gasteiger partial charge is 0.429 e. The molecule has 0 saturated carbocycles. The predicted octanol–water partition coefficient (Wildman–Crippen LogP) is 4.23. The fourth-order valence-corrected chi connectivity index (χ4v) is 3.60. The average molecular weight is 363 g/mol. The third-order valence-electron chi connectivity index (χ3n) is 3.08. The monoisotopic (exact) mass is 362 g/mol. The highest BCUT2D eigenvalue weighted by molar-refractivity contribution is 7.80. The molecule has 0 fully saturated rings. The number of hydrogen-bond donors (Lipinski definition) is 2. The summed E-state index contributed by atoms with van der Waals surface area (Å²) in [6.07, 6.45) is 0. The van der Waals surface area contributed by atoms with Crippen molar-refractivity contribution in [1.82, 2.24) is 5.32 Å². The van der Waals surface area contributed by atoms with Gasteiger partial charge in [0.05, 0.1) is 10.7 Å². The Morgan fingerprint density at radius 1 is 1.17 bits per heavy atom. The summed E-state index contributed by atoms with van der Waals surface area (Å²) in [7, 11) is 0. The van der Waals surface area contributed by atoms with Gasteiger partial charge in [0.15, 0.2) is 5.75 Å². The van der Waals surface area contributed by atoms with Crippen molar-refractivity contribution in [3.8, 4) is 5.75 Å². The Morgan fingerprint density at radius 3 is 2.61 bits per heavy atom. The van der Waals surface area contributed by atoms with Crippen LogP contribution in [0.5, 0.6) is 5.75 Å². The SMILES string of the molecule is Nc1ccccc1OC(=S)NC(=O)c1sc2ccccc2c1Cl. The van der Waals surface area contributed by atoms with Gasteiger partial charge in [0.2, 0.25) is 0 Å². The fraction of sp³-hybridized carbons (Fsp3) is 0. The Hall–Kier alpha value is -2.15. The number of para-hydroxylation sites is 2. The number of rotatable bonds is 2. The molecule has 3 aromatic rings. The molecule has 0 spiro atoms. The Labute approximate surface area is 146 Å². The number of nitrogens with one attached hydrogen (secondary N) is 1. The van der Waals surface area contributed by atoms with Gasteiger partial charge >= 0.3 is 0 Å². The smallest absolute Gasteiger partial charge is 0.270 e. The highest BCUT2D eigenvalue weighted by atomic mass is 35.5. The highest BCUT2D eigenvalue weighted by Gasteiger charge is 2.18.